The van der Waals surface area contributed by atoms with Gasteiger partial charge < -0.3 is 0 Å². The quantitative estimate of drug-likeness (QED) is 0.570. The highest BCUT2D eigenvalue weighted by molar-refractivity contribution is 5.42. The van der Waals surface area contributed by atoms with E-state index in [-0.39, 0.29) is 0 Å². The minimum Gasteiger partial charge on any atom is -0.0767 e. The number of allylic oxidation sites excluding steroid dienone is 8. The molecule has 0 aromatic heterocycles. The number of hydrogen-bond donors (Lipinski definition) is 0. The van der Waals surface area contributed by atoms with Crippen molar-refractivity contribution in [1.82, 2.24) is 0 Å². The minimum atomic E-state index is 0.292. The summed E-state index contributed by atoms with van der Waals surface area (Å²) in [6, 6.07) is 0. The van der Waals surface area contributed by atoms with Gasteiger partial charge in [0, 0.05) is 0 Å². The van der Waals surface area contributed by atoms with E-state index in [1.54, 1.807) is 11.1 Å². The van der Waals surface area contributed by atoms with Crippen LogP contribution in [0.15, 0.2) is 46.6 Å². The first-order valence-corrected chi connectivity index (χ1v) is 7.46. The van der Waals surface area contributed by atoms with Gasteiger partial charge in [0.1, 0.15) is 0 Å². The highest BCUT2D eigenvalue weighted by Crippen LogP contribution is 2.38. The Labute approximate surface area is 119 Å². The first kappa shape index (κ1) is 14.4. The van der Waals surface area contributed by atoms with Gasteiger partial charge in [-0.2, -0.15) is 0 Å². The van der Waals surface area contributed by atoms with Crippen LogP contribution in [0.2, 0.25) is 0 Å². The van der Waals surface area contributed by atoms with Gasteiger partial charge in [0.2, 0.25) is 0 Å². The van der Waals surface area contributed by atoms with E-state index in [0.29, 0.717) is 10.8 Å². The lowest BCUT2D eigenvalue weighted by molar-refractivity contribution is 0.517. The number of hydrogen-bond acceptors (Lipinski definition) is 0. The van der Waals surface area contributed by atoms with Gasteiger partial charge in [-0.05, 0) is 41.2 Å². The monoisotopic (exact) mass is 256 g/mol. The molecular formula is C19H28. The summed E-state index contributed by atoms with van der Waals surface area (Å²) in [6.07, 6.45) is 13.1. The van der Waals surface area contributed by atoms with Crippen molar-refractivity contribution in [1.29, 1.82) is 0 Å². The Morgan fingerprint density at radius 3 is 1.37 bits per heavy atom. The second kappa shape index (κ2) is 4.81. The van der Waals surface area contributed by atoms with Gasteiger partial charge in [0.15, 0.2) is 0 Å². The Bertz CT molecular complexity index is 433. The molecular weight excluding hydrogens is 228 g/mol. The summed E-state index contributed by atoms with van der Waals surface area (Å²) in [7, 11) is 0. The third kappa shape index (κ3) is 3.49. The van der Waals surface area contributed by atoms with Crippen molar-refractivity contribution >= 4 is 0 Å². The zero-order valence-corrected chi connectivity index (χ0v) is 13.4. The average molecular weight is 256 g/mol. The van der Waals surface area contributed by atoms with Crippen LogP contribution < -0.4 is 0 Å². The normalized spacial score (nSPS) is 20.1. The summed E-state index contributed by atoms with van der Waals surface area (Å²) in [4.78, 5) is 0. The van der Waals surface area contributed by atoms with Crippen LogP contribution in [0.4, 0.5) is 0 Å². The van der Waals surface area contributed by atoms with Gasteiger partial charge in [0.05, 0.1) is 0 Å². The van der Waals surface area contributed by atoms with E-state index >= 15 is 0 Å². The Hall–Kier alpha value is -1.04. The second-order valence-electron chi connectivity index (χ2n) is 8.01. The molecule has 0 radical (unpaired) electrons. The van der Waals surface area contributed by atoms with Crippen molar-refractivity contribution in [2.75, 3.05) is 0 Å². The predicted molar refractivity (Wildman–Crippen MR) is 85.1 cm³/mol. The molecule has 0 nitrogen and oxygen atoms in total. The van der Waals surface area contributed by atoms with Crippen molar-refractivity contribution in [3.05, 3.63) is 46.6 Å². The standard InChI is InChI=1S/C19H28/c1-18(2,3)16-9-7-14(12-16)11-15-8-10-17(13-15)19(4,5)6/h9-10,12-13H,7-8,11H2,1-6H3. The van der Waals surface area contributed by atoms with Gasteiger partial charge in [-0.1, -0.05) is 77.0 Å². The van der Waals surface area contributed by atoms with Crippen LogP contribution in [0.5, 0.6) is 0 Å². The maximum absolute atomic E-state index is 2.43. The minimum absolute atomic E-state index is 0.292. The molecule has 19 heavy (non-hydrogen) atoms. The van der Waals surface area contributed by atoms with Crippen LogP contribution in [0.25, 0.3) is 0 Å². The molecule has 0 heterocycles. The van der Waals surface area contributed by atoms with E-state index in [0.717, 1.165) is 19.3 Å². The maximum Gasteiger partial charge on any atom is -0.00958 e. The molecule has 0 fully saturated rings. The SMILES string of the molecule is CC(C)(C)C1=CCC(CC2=CC(C(C)(C)C)=CC2)=C1. The zero-order chi connectivity index (χ0) is 14.3. The molecule has 0 saturated heterocycles. The van der Waals surface area contributed by atoms with E-state index in [9.17, 15) is 0 Å². The molecule has 0 aromatic carbocycles. The van der Waals surface area contributed by atoms with Crippen molar-refractivity contribution in [3.63, 3.8) is 0 Å². The van der Waals surface area contributed by atoms with Crippen LogP contribution in [0.3, 0.4) is 0 Å². The molecule has 2 rings (SSSR count). The zero-order valence-electron chi connectivity index (χ0n) is 13.4. The van der Waals surface area contributed by atoms with Crippen molar-refractivity contribution in [2.45, 2.75) is 60.8 Å². The van der Waals surface area contributed by atoms with Crippen LogP contribution in [-0.4, -0.2) is 0 Å². The van der Waals surface area contributed by atoms with Gasteiger partial charge in [0.25, 0.3) is 0 Å². The molecule has 0 heteroatoms. The molecule has 0 aliphatic heterocycles. The van der Waals surface area contributed by atoms with E-state index in [2.05, 4.69) is 65.8 Å². The molecule has 0 N–H and O–H groups in total. The van der Waals surface area contributed by atoms with Gasteiger partial charge in [-0.25, -0.2) is 0 Å². The van der Waals surface area contributed by atoms with E-state index in [4.69, 9.17) is 0 Å². The Morgan fingerprint density at radius 1 is 0.737 bits per heavy atom. The Balaban J connectivity index is 2.00. The molecule has 0 bridgehead atoms. The topological polar surface area (TPSA) is 0 Å². The smallest absolute Gasteiger partial charge is 0.00958 e. The summed E-state index contributed by atoms with van der Waals surface area (Å²) < 4.78 is 0. The van der Waals surface area contributed by atoms with Gasteiger partial charge in [-0.3, -0.25) is 0 Å². The van der Waals surface area contributed by atoms with Crippen molar-refractivity contribution in [3.8, 4) is 0 Å². The Morgan fingerprint density at radius 2 is 1.11 bits per heavy atom. The molecule has 0 aromatic rings. The first-order chi connectivity index (χ1) is 8.66. The highest BCUT2D eigenvalue weighted by atomic mass is 14.3. The Kier molecular flexibility index (Phi) is 3.64. The third-order valence-corrected chi connectivity index (χ3v) is 4.07. The molecule has 0 amide bonds. The van der Waals surface area contributed by atoms with Crippen molar-refractivity contribution in [2.24, 2.45) is 10.8 Å². The van der Waals surface area contributed by atoms with Gasteiger partial charge >= 0.3 is 0 Å². The maximum atomic E-state index is 2.43. The van der Waals surface area contributed by atoms with Crippen molar-refractivity contribution < 1.29 is 0 Å². The average Bonchev–Trinajstić information content (AvgIpc) is 2.84. The molecule has 0 atom stereocenters. The summed E-state index contributed by atoms with van der Waals surface area (Å²) in [5, 5.41) is 0. The molecule has 2 aliphatic rings. The molecule has 0 spiro atoms. The lowest BCUT2D eigenvalue weighted by Crippen LogP contribution is -2.06. The summed E-state index contributed by atoms with van der Waals surface area (Å²) >= 11 is 0. The largest absolute Gasteiger partial charge is 0.0767 e. The fourth-order valence-corrected chi connectivity index (χ4v) is 2.74. The molecule has 2 aliphatic carbocycles. The third-order valence-electron chi connectivity index (χ3n) is 4.07. The number of rotatable bonds is 2. The van der Waals surface area contributed by atoms with E-state index in [1.807, 2.05) is 0 Å². The predicted octanol–water partition coefficient (Wildman–Crippen LogP) is 5.98. The second-order valence-corrected chi connectivity index (χ2v) is 8.01. The van der Waals surface area contributed by atoms with E-state index in [1.165, 1.54) is 11.1 Å². The summed E-state index contributed by atoms with van der Waals surface area (Å²) in [6.45, 7) is 13.8. The highest BCUT2D eigenvalue weighted by Gasteiger charge is 2.22. The van der Waals surface area contributed by atoms with Gasteiger partial charge in [-0.15, -0.1) is 0 Å². The van der Waals surface area contributed by atoms with E-state index < -0.39 is 0 Å². The fraction of sp³-hybridized carbons (Fsp3) is 0.579. The lowest BCUT2D eigenvalue weighted by atomic mass is 9.87. The summed E-state index contributed by atoms with van der Waals surface area (Å²) in [5.41, 5.74) is 6.76. The van der Waals surface area contributed by atoms with Crippen LogP contribution >= 0.6 is 0 Å². The molecule has 104 valence electrons. The first-order valence-electron chi connectivity index (χ1n) is 7.46. The molecule has 0 saturated carbocycles. The van der Waals surface area contributed by atoms with Crippen LogP contribution in [0.1, 0.15) is 60.8 Å². The van der Waals surface area contributed by atoms with Crippen LogP contribution in [0, 0.1) is 10.8 Å². The summed E-state index contributed by atoms with van der Waals surface area (Å²) in [5.74, 6) is 0. The lowest BCUT2D eigenvalue weighted by Gasteiger charge is -2.18. The molecule has 0 unspecified atom stereocenters. The fourth-order valence-electron chi connectivity index (χ4n) is 2.74. The van der Waals surface area contributed by atoms with Crippen LogP contribution in [-0.2, 0) is 0 Å².